The second-order valence-electron chi connectivity index (χ2n) is 6.04. The second-order valence-corrected chi connectivity index (χ2v) is 7.91. The van der Waals surface area contributed by atoms with Gasteiger partial charge in [0.05, 0.1) is 16.8 Å². The molecule has 0 aliphatic carbocycles. The molecule has 1 aliphatic rings. The average molecular weight is 515 g/mol. The summed E-state index contributed by atoms with van der Waals surface area (Å²) in [7, 11) is -0.179. The number of anilines is 2. The Labute approximate surface area is 175 Å². The highest BCUT2D eigenvalue weighted by molar-refractivity contribution is 9.10. The summed E-state index contributed by atoms with van der Waals surface area (Å²) in [4.78, 5) is 15.1. The number of halogens is 7. The molecule has 2 aromatic rings. The number of nitrogens with one attached hydrogen (secondary N) is 3. The standard InChI is InChI=1S/C17H11BrF6N3O2P/c18-10-1-2-12(13(6-10)30-29-14-7-25-14)27-15(28)26-11-4-8(16(19,20)21)3-9(5-11)17(22,23)24/h1-6,30H,7H2,(H2,26,27,28)/p+1. The number of hydrogen-bond donors (Lipinski definition) is 3. The van der Waals surface area contributed by atoms with E-state index in [4.69, 9.17) is 4.52 Å². The van der Waals surface area contributed by atoms with Crippen LogP contribution in [0.5, 0.6) is 0 Å². The fourth-order valence-corrected chi connectivity index (χ4v) is 3.67. The predicted molar refractivity (Wildman–Crippen MR) is 103 cm³/mol. The van der Waals surface area contributed by atoms with Gasteiger partial charge in [0.2, 0.25) is 0 Å². The zero-order valence-corrected chi connectivity index (χ0v) is 17.2. The Hall–Kier alpha value is -2.33. The largest absolute Gasteiger partial charge is 0.421 e. The topological polar surface area (TPSA) is 64.3 Å². The van der Waals surface area contributed by atoms with Gasteiger partial charge in [0.25, 0.3) is 6.54 Å². The lowest BCUT2D eigenvalue weighted by Crippen LogP contribution is -2.45. The minimum Gasteiger partial charge on any atom is -0.421 e. The molecule has 5 nitrogen and oxygen atoms in total. The van der Waals surface area contributed by atoms with Crippen LogP contribution in [-0.2, 0) is 16.9 Å². The van der Waals surface area contributed by atoms with Gasteiger partial charge >= 0.3 is 24.3 Å². The van der Waals surface area contributed by atoms with Crippen molar-refractivity contribution in [1.82, 2.24) is 0 Å². The van der Waals surface area contributed by atoms with Gasteiger partial charge in [0.15, 0.2) is 0 Å². The summed E-state index contributed by atoms with van der Waals surface area (Å²) in [6.45, 7) is 0.612. The van der Waals surface area contributed by atoms with Crippen LogP contribution in [0.4, 0.5) is 42.5 Å². The first kappa shape index (κ1) is 22.4. The summed E-state index contributed by atoms with van der Waals surface area (Å²) in [5.74, 6) is 0.673. The third kappa shape index (κ3) is 6.09. The van der Waals surface area contributed by atoms with Gasteiger partial charge < -0.3 is 15.2 Å². The molecule has 1 unspecified atom stereocenters. The SMILES string of the molecule is O=C(Nc1cc(C(F)(F)F)cc(C(F)(F)F)c1)Nc1ccc(Br)cc1POC1=[NH+]C1. The Morgan fingerprint density at radius 1 is 1.00 bits per heavy atom. The van der Waals surface area contributed by atoms with Crippen molar-refractivity contribution in [1.29, 1.82) is 0 Å². The quantitative estimate of drug-likeness (QED) is 0.428. The fourth-order valence-electron chi connectivity index (χ4n) is 2.25. The van der Waals surface area contributed by atoms with E-state index in [9.17, 15) is 31.1 Å². The monoisotopic (exact) mass is 514 g/mol. The smallest absolute Gasteiger partial charge is 0.416 e. The molecule has 0 bridgehead atoms. The Kier molecular flexibility index (Phi) is 6.28. The maximum Gasteiger partial charge on any atom is 0.416 e. The van der Waals surface area contributed by atoms with Gasteiger partial charge in [-0.15, -0.1) is 0 Å². The first-order valence-electron chi connectivity index (χ1n) is 8.11. The first-order valence-corrected chi connectivity index (χ1v) is 9.81. The highest BCUT2D eigenvalue weighted by Crippen LogP contribution is 2.37. The maximum absolute atomic E-state index is 12.9. The third-order valence-electron chi connectivity index (χ3n) is 3.68. The number of amides is 2. The van der Waals surface area contributed by atoms with Crippen molar-refractivity contribution in [2.24, 2.45) is 0 Å². The summed E-state index contributed by atoms with van der Waals surface area (Å²) in [6, 6.07) is 4.63. The number of urea groups is 1. The second kappa shape index (κ2) is 8.43. The van der Waals surface area contributed by atoms with Gasteiger partial charge in [-0.2, -0.15) is 31.3 Å². The number of alkyl halides is 6. The van der Waals surface area contributed by atoms with Gasteiger partial charge in [-0.25, -0.2) is 4.79 Å². The van der Waals surface area contributed by atoms with E-state index < -0.39 is 35.2 Å². The van der Waals surface area contributed by atoms with E-state index in [-0.39, 0.29) is 14.9 Å². The predicted octanol–water partition coefficient (Wildman–Crippen LogP) is 3.86. The molecule has 0 aromatic heterocycles. The van der Waals surface area contributed by atoms with E-state index in [1.165, 1.54) is 6.07 Å². The van der Waals surface area contributed by atoms with Gasteiger partial charge in [0.1, 0.15) is 8.81 Å². The van der Waals surface area contributed by atoms with Gasteiger partial charge in [-0.05, 0) is 36.4 Å². The normalized spacial score (nSPS) is 13.9. The van der Waals surface area contributed by atoms with Crippen LogP contribution in [-0.4, -0.2) is 18.5 Å². The molecule has 0 radical (unpaired) electrons. The van der Waals surface area contributed by atoms with Crippen LogP contribution in [0.3, 0.4) is 0 Å². The molecule has 2 amide bonds. The van der Waals surface area contributed by atoms with Crippen molar-refractivity contribution in [3.8, 4) is 0 Å². The number of carbonyl (C=O) groups is 1. The summed E-state index contributed by atoms with van der Waals surface area (Å²) in [6.07, 6.45) is -10.0. The number of hydrogen-bond acceptors (Lipinski definition) is 2. The Morgan fingerprint density at radius 2 is 1.60 bits per heavy atom. The van der Waals surface area contributed by atoms with E-state index in [0.29, 0.717) is 40.0 Å². The molecule has 0 saturated carbocycles. The minimum absolute atomic E-state index is 0.0159. The molecule has 3 N–H and O–H groups in total. The molecule has 30 heavy (non-hydrogen) atoms. The van der Waals surface area contributed by atoms with Crippen molar-refractivity contribution in [2.45, 2.75) is 12.4 Å². The lowest BCUT2D eigenvalue weighted by molar-refractivity contribution is -0.356. The van der Waals surface area contributed by atoms with Crippen molar-refractivity contribution in [2.75, 3.05) is 17.2 Å². The zero-order valence-electron chi connectivity index (χ0n) is 14.6. The summed E-state index contributed by atoms with van der Waals surface area (Å²) < 4.78 is 83.8. The van der Waals surface area contributed by atoms with E-state index in [1.807, 2.05) is 5.32 Å². The summed E-state index contributed by atoms with van der Waals surface area (Å²) in [5, 5.41) is 5.00. The fraction of sp³-hybridized carbons (Fsp3) is 0.176. The molecule has 2 aromatic carbocycles. The van der Waals surface area contributed by atoms with Gasteiger partial charge in [-0.1, -0.05) is 15.9 Å². The molecule has 3 rings (SSSR count). The van der Waals surface area contributed by atoms with E-state index in [0.717, 1.165) is 0 Å². The van der Waals surface area contributed by atoms with E-state index in [1.54, 1.807) is 12.1 Å². The van der Waals surface area contributed by atoms with E-state index in [2.05, 4.69) is 26.2 Å². The van der Waals surface area contributed by atoms with Gasteiger partial charge in [-0.3, -0.25) is 0 Å². The van der Waals surface area contributed by atoms with Gasteiger partial charge in [0, 0.05) is 15.5 Å². The molecule has 1 aliphatic heterocycles. The Balaban J connectivity index is 1.80. The lowest BCUT2D eigenvalue weighted by atomic mass is 10.1. The van der Waals surface area contributed by atoms with Crippen molar-refractivity contribution < 1.29 is 40.7 Å². The van der Waals surface area contributed by atoms with Crippen LogP contribution in [0.1, 0.15) is 11.1 Å². The highest BCUT2D eigenvalue weighted by Gasteiger charge is 2.37. The van der Waals surface area contributed by atoms with Crippen LogP contribution in [0, 0.1) is 0 Å². The molecule has 0 fully saturated rings. The Morgan fingerprint density at radius 3 is 2.13 bits per heavy atom. The lowest BCUT2D eigenvalue weighted by Gasteiger charge is -2.16. The summed E-state index contributed by atoms with van der Waals surface area (Å²) in [5.41, 5.74) is -3.41. The van der Waals surface area contributed by atoms with Crippen molar-refractivity contribution >= 4 is 53.3 Å². The molecule has 0 saturated heterocycles. The van der Waals surface area contributed by atoms with Crippen molar-refractivity contribution in [3.05, 3.63) is 52.0 Å². The zero-order chi connectivity index (χ0) is 22.1. The minimum atomic E-state index is -5.01. The molecule has 1 atom stereocenters. The first-order chi connectivity index (χ1) is 13.9. The molecule has 13 heteroatoms. The molecular weight excluding hydrogens is 503 g/mol. The van der Waals surface area contributed by atoms with E-state index >= 15 is 0 Å². The summed E-state index contributed by atoms with van der Waals surface area (Å²) >= 11 is 3.28. The highest BCUT2D eigenvalue weighted by atomic mass is 79.9. The molecule has 1 heterocycles. The van der Waals surface area contributed by atoms with Crippen LogP contribution in [0.2, 0.25) is 0 Å². The number of carbonyl (C=O) groups excluding carboxylic acids is 1. The van der Waals surface area contributed by atoms with Crippen LogP contribution < -0.4 is 20.9 Å². The van der Waals surface area contributed by atoms with Crippen molar-refractivity contribution in [3.63, 3.8) is 0 Å². The van der Waals surface area contributed by atoms with Crippen LogP contribution in [0.15, 0.2) is 40.9 Å². The maximum atomic E-state index is 12.9. The van der Waals surface area contributed by atoms with Crippen LogP contribution in [0.25, 0.3) is 0 Å². The van der Waals surface area contributed by atoms with Crippen LogP contribution >= 0.6 is 24.7 Å². The Bertz CT molecular complexity index is 978. The third-order valence-corrected chi connectivity index (χ3v) is 5.16. The molecule has 0 spiro atoms. The molecular formula is C17H12BrF6N3O2P+. The number of rotatable bonds is 4. The molecule has 160 valence electrons. The number of benzene rings is 2. The average Bonchev–Trinajstić information content (AvgIpc) is 3.44.